The van der Waals surface area contributed by atoms with Gasteiger partial charge in [-0.05, 0) is 55.0 Å². The van der Waals surface area contributed by atoms with E-state index >= 15 is 0 Å². The quantitative estimate of drug-likeness (QED) is 0.429. The molecule has 0 aliphatic heterocycles. The van der Waals surface area contributed by atoms with E-state index in [9.17, 15) is 4.79 Å². The van der Waals surface area contributed by atoms with Crippen molar-refractivity contribution in [3.8, 4) is 11.3 Å². The number of thiocarbonyl (C=S) groups is 1. The van der Waals surface area contributed by atoms with Gasteiger partial charge in [0.15, 0.2) is 10.9 Å². The van der Waals surface area contributed by atoms with Crippen LogP contribution in [0.4, 0.5) is 5.69 Å². The highest BCUT2D eigenvalue weighted by atomic mass is 32.1. The molecule has 0 aliphatic rings. The third kappa shape index (κ3) is 4.06. The van der Waals surface area contributed by atoms with Crippen LogP contribution in [0.15, 0.2) is 69.5 Å². The Morgan fingerprint density at radius 3 is 2.66 bits per heavy atom. The number of furan rings is 2. The van der Waals surface area contributed by atoms with Crippen molar-refractivity contribution in [1.29, 1.82) is 0 Å². The molecule has 146 valence electrons. The van der Waals surface area contributed by atoms with Crippen LogP contribution in [-0.2, 0) is 6.61 Å². The molecule has 7 heteroatoms. The van der Waals surface area contributed by atoms with Crippen molar-refractivity contribution in [1.82, 2.24) is 5.32 Å². The molecule has 0 saturated carbocycles. The molecule has 29 heavy (non-hydrogen) atoms. The average Bonchev–Trinajstić information content (AvgIpc) is 3.36. The van der Waals surface area contributed by atoms with E-state index in [1.807, 2.05) is 43.3 Å². The first-order valence-electron chi connectivity index (χ1n) is 8.95. The van der Waals surface area contributed by atoms with Gasteiger partial charge in [0.1, 0.15) is 23.7 Å². The van der Waals surface area contributed by atoms with Crippen molar-refractivity contribution in [3.63, 3.8) is 0 Å². The number of carbonyl (C=O) groups excluding carboxylic acids is 1. The van der Waals surface area contributed by atoms with E-state index in [-0.39, 0.29) is 17.5 Å². The summed E-state index contributed by atoms with van der Waals surface area (Å²) in [4.78, 5) is 12.5. The summed E-state index contributed by atoms with van der Waals surface area (Å²) in [6.07, 6.45) is 0. The van der Waals surface area contributed by atoms with Crippen LogP contribution < -0.4 is 10.6 Å². The van der Waals surface area contributed by atoms with Crippen LogP contribution in [-0.4, -0.2) is 16.1 Å². The van der Waals surface area contributed by atoms with E-state index in [2.05, 4.69) is 10.6 Å². The van der Waals surface area contributed by atoms with E-state index in [0.29, 0.717) is 17.1 Å². The Morgan fingerprint density at radius 1 is 1.07 bits per heavy atom. The zero-order valence-electron chi connectivity index (χ0n) is 15.6. The predicted octanol–water partition coefficient (Wildman–Crippen LogP) is 4.62. The van der Waals surface area contributed by atoms with Crippen molar-refractivity contribution in [2.24, 2.45) is 0 Å². The maximum absolute atomic E-state index is 12.5. The normalized spacial score (nSPS) is 10.8. The summed E-state index contributed by atoms with van der Waals surface area (Å²) in [6, 6.07) is 18.3. The zero-order valence-corrected chi connectivity index (χ0v) is 16.4. The largest absolute Gasteiger partial charge is 0.459 e. The lowest BCUT2D eigenvalue weighted by atomic mass is 10.1. The van der Waals surface area contributed by atoms with Crippen molar-refractivity contribution < 1.29 is 18.7 Å². The second-order valence-corrected chi connectivity index (χ2v) is 6.92. The van der Waals surface area contributed by atoms with Crippen molar-refractivity contribution >= 4 is 39.9 Å². The summed E-state index contributed by atoms with van der Waals surface area (Å²) < 4.78 is 11.1. The molecule has 0 aliphatic carbocycles. The molecule has 6 nitrogen and oxygen atoms in total. The van der Waals surface area contributed by atoms with E-state index in [1.165, 1.54) is 0 Å². The highest BCUT2D eigenvalue weighted by molar-refractivity contribution is 7.80. The lowest BCUT2D eigenvalue weighted by Gasteiger charge is -2.12. The molecule has 2 aromatic carbocycles. The van der Waals surface area contributed by atoms with Gasteiger partial charge in [0, 0.05) is 16.6 Å². The minimum absolute atomic E-state index is 0.158. The van der Waals surface area contributed by atoms with E-state index in [4.69, 9.17) is 26.2 Å². The first-order valence-corrected chi connectivity index (χ1v) is 9.36. The topological polar surface area (TPSA) is 87.6 Å². The summed E-state index contributed by atoms with van der Waals surface area (Å²) in [6.45, 7) is 1.77. The van der Waals surface area contributed by atoms with Crippen LogP contribution in [0.3, 0.4) is 0 Å². The number of para-hydroxylation sites is 1. The van der Waals surface area contributed by atoms with Gasteiger partial charge in [-0.15, -0.1) is 0 Å². The monoisotopic (exact) mass is 406 g/mol. The van der Waals surface area contributed by atoms with Crippen molar-refractivity contribution in [3.05, 3.63) is 77.7 Å². The lowest BCUT2D eigenvalue weighted by Crippen LogP contribution is -2.34. The number of fused-ring (bicyclic) bond motifs is 1. The van der Waals surface area contributed by atoms with Crippen LogP contribution >= 0.6 is 12.2 Å². The molecule has 4 rings (SSSR count). The number of aryl methyl sites for hydroxylation is 1. The van der Waals surface area contributed by atoms with Crippen LogP contribution in [0.25, 0.3) is 22.3 Å². The molecule has 0 atom stereocenters. The van der Waals surface area contributed by atoms with Crippen LogP contribution in [0.5, 0.6) is 0 Å². The van der Waals surface area contributed by atoms with Gasteiger partial charge in [-0.1, -0.05) is 30.3 Å². The Labute approximate surface area is 172 Å². The first kappa shape index (κ1) is 18.9. The Morgan fingerprint density at radius 2 is 1.90 bits per heavy atom. The number of hydrogen-bond acceptors (Lipinski definition) is 5. The molecule has 2 heterocycles. The Kier molecular flexibility index (Phi) is 5.16. The van der Waals surface area contributed by atoms with Gasteiger partial charge < -0.3 is 19.3 Å². The van der Waals surface area contributed by atoms with E-state index in [1.54, 1.807) is 24.3 Å². The third-order valence-electron chi connectivity index (χ3n) is 4.46. The molecular formula is C22H18N2O4S. The minimum Gasteiger partial charge on any atom is -0.459 e. The maximum atomic E-state index is 12.5. The second kappa shape index (κ2) is 7.90. The average molecular weight is 406 g/mol. The molecule has 0 radical (unpaired) electrons. The number of nitrogens with one attached hydrogen (secondary N) is 2. The molecular weight excluding hydrogens is 388 g/mol. The lowest BCUT2D eigenvalue weighted by molar-refractivity contribution is 0.0953. The Bertz CT molecular complexity index is 1180. The molecule has 0 spiro atoms. The summed E-state index contributed by atoms with van der Waals surface area (Å²) in [5.41, 5.74) is 3.15. The van der Waals surface area contributed by atoms with Crippen molar-refractivity contribution in [2.45, 2.75) is 13.5 Å². The second-order valence-electron chi connectivity index (χ2n) is 6.51. The predicted molar refractivity (Wildman–Crippen MR) is 115 cm³/mol. The number of benzene rings is 2. The van der Waals surface area contributed by atoms with Gasteiger partial charge in [0.05, 0.1) is 0 Å². The standard InChI is InChI=1S/C22H18N2O4S/c1-13-6-7-15(19-9-8-16(12-25)27-19)10-17(13)23-22(29)24-21(26)20-11-14-4-2-3-5-18(14)28-20/h2-11,25H,12H2,1H3,(H2,23,24,26,29). The van der Waals surface area contributed by atoms with Crippen LogP contribution in [0.1, 0.15) is 21.9 Å². The number of rotatable bonds is 4. The summed E-state index contributed by atoms with van der Waals surface area (Å²) >= 11 is 5.29. The third-order valence-corrected chi connectivity index (χ3v) is 4.67. The zero-order chi connectivity index (χ0) is 20.4. The molecule has 2 aromatic heterocycles. The number of carbonyl (C=O) groups is 1. The van der Waals surface area contributed by atoms with Crippen molar-refractivity contribution in [2.75, 3.05) is 5.32 Å². The SMILES string of the molecule is Cc1ccc(-c2ccc(CO)o2)cc1NC(=S)NC(=O)c1cc2ccccc2o1. The molecule has 4 aromatic rings. The fourth-order valence-corrected chi connectivity index (χ4v) is 3.14. The van der Waals surface area contributed by atoms with Gasteiger partial charge >= 0.3 is 0 Å². The summed E-state index contributed by atoms with van der Waals surface area (Å²) in [5.74, 6) is 0.886. The number of hydrogen-bond donors (Lipinski definition) is 3. The smallest absolute Gasteiger partial charge is 0.293 e. The van der Waals surface area contributed by atoms with E-state index in [0.717, 1.165) is 22.2 Å². The summed E-state index contributed by atoms with van der Waals surface area (Å²) in [7, 11) is 0. The molecule has 0 bridgehead atoms. The van der Waals surface area contributed by atoms with Crippen LogP contribution in [0, 0.1) is 6.92 Å². The Hall–Kier alpha value is -3.42. The first-order chi connectivity index (χ1) is 14.0. The molecule has 0 unspecified atom stereocenters. The maximum Gasteiger partial charge on any atom is 0.293 e. The highest BCUT2D eigenvalue weighted by Gasteiger charge is 2.14. The number of anilines is 1. The number of aliphatic hydroxyl groups excluding tert-OH is 1. The molecule has 0 saturated heterocycles. The Balaban J connectivity index is 1.48. The molecule has 3 N–H and O–H groups in total. The van der Waals surface area contributed by atoms with Gasteiger partial charge in [0.2, 0.25) is 0 Å². The van der Waals surface area contributed by atoms with Gasteiger partial charge in [-0.3, -0.25) is 10.1 Å². The number of aliphatic hydroxyl groups is 1. The summed E-state index contributed by atoms with van der Waals surface area (Å²) in [5, 5.41) is 15.9. The molecule has 0 fully saturated rings. The minimum atomic E-state index is -0.425. The fourth-order valence-electron chi connectivity index (χ4n) is 2.94. The van der Waals surface area contributed by atoms with Gasteiger partial charge in [-0.25, -0.2) is 0 Å². The fraction of sp³-hybridized carbons (Fsp3) is 0.0909. The highest BCUT2D eigenvalue weighted by Crippen LogP contribution is 2.27. The van der Waals surface area contributed by atoms with Gasteiger partial charge in [-0.2, -0.15) is 0 Å². The van der Waals surface area contributed by atoms with E-state index < -0.39 is 5.91 Å². The number of amides is 1. The van der Waals surface area contributed by atoms with Gasteiger partial charge in [0.25, 0.3) is 5.91 Å². The molecule has 1 amide bonds. The van der Waals surface area contributed by atoms with Crippen LogP contribution in [0.2, 0.25) is 0 Å².